The minimum absolute atomic E-state index is 0.0627. The first-order valence-electron chi connectivity index (χ1n) is 3.05. The summed E-state index contributed by atoms with van der Waals surface area (Å²) >= 11 is 5.61. The zero-order chi connectivity index (χ0) is 7.72. The Morgan fingerprint density at radius 3 is 2.40 bits per heavy atom. The lowest BCUT2D eigenvalue weighted by Crippen LogP contribution is -1.77. The van der Waals surface area contributed by atoms with Gasteiger partial charge < -0.3 is 0 Å². The van der Waals surface area contributed by atoms with Gasteiger partial charge in [0, 0.05) is 0 Å². The van der Waals surface area contributed by atoms with E-state index in [0.717, 1.165) is 5.56 Å². The molecule has 0 aliphatic rings. The molecule has 53 valence electrons. The summed E-state index contributed by atoms with van der Waals surface area (Å²) in [5, 5.41) is 11.3. The van der Waals surface area contributed by atoms with Crippen molar-refractivity contribution in [1.82, 2.24) is 0 Å². The van der Waals surface area contributed by atoms with Crippen molar-refractivity contribution in [2.75, 3.05) is 0 Å². The molecule has 0 unspecified atom stereocenters. The fourth-order valence-electron chi connectivity index (χ4n) is 0.903. The lowest BCUT2D eigenvalue weighted by Gasteiger charge is -1.98. The highest BCUT2D eigenvalue weighted by Gasteiger charge is 2.03. The van der Waals surface area contributed by atoms with E-state index in [1.807, 2.05) is 13.0 Å². The molecule has 0 saturated carbocycles. The molecule has 1 aromatic carbocycles. The molecule has 0 atom stereocenters. The van der Waals surface area contributed by atoms with Gasteiger partial charge in [-0.15, -0.1) is 0 Å². The highest BCUT2D eigenvalue weighted by Crippen LogP contribution is 2.28. The van der Waals surface area contributed by atoms with Crippen LogP contribution in [0.1, 0.15) is 11.1 Å². The summed E-state index contributed by atoms with van der Waals surface area (Å²) in [7, 11) is 0. The van der Waals surface area contributed by atoms with Crippen molar-refractivity contribution in [2.45, 2.75) is 13.8 Å². The van der Waals surface area contributed by atoms with E-state index in [1.54, 1.807) is 13.0 Å². The lowest BCUT2D eigenvalue weighted by atomic mass is 10.1. The molecule has 0 aliphatic carbocycles. The third-order valence-corrected chi connectivity index (χ3v) is 1.65. The van der Waals surface area contributed by atoms with Crippen LogP contribution in [0.5, 0.6) is 5.75 Å². The summed E-state index contributed by atoms with van der Waals surface area (Å²) in [5.74, 6) is -0.0627. The van der Waals surface area contributed by atoms with E-state index in [0.29, 0.717) is 10.6 Å². The van der Waals surface area contributed by atoms with Crippen molar-refractivity contribution >= 4 is 11.6 Å². The minimum Gasteiger partial charge on any atom is -0.288 e. The predicted octanol–water partition coefficient (Wildman–Crippen LogP) is 3.10. The van der Waals surface area contributed by atoms with E-state index in [1.165, 1.54) is 0 Å². The second-order valence-corrected chi connectivity index (χ2v) is 2.80. The third kappa shape index (κ3) is 1.24. The molecule has 0 spiro atoms. The van der Waals surface area contributed by atoms with Crippen LogP contribution in [0.4, 0.5) is 0 Å². The molecule has 0 saturated heterocycles. The summed E-state index contributed by atoms with van der Waals surface area (Å²) in [6, 6.07) is 3.51. The van der Waals surface area contributed by atoms with E-state index in [2.05, 4.69) is 0 Å². The van der Waals surface area contributed by atoms with Crippen LogP contribution in [-0.4, -0.2) is 0 Å². The number of rotatable bonds is 0. The van der Waals surface area contributed by atoms with Crippen molar-refractivity contribution in [2.24, 2.45) is 0 Å². The second-order valence-electron chi connectivity index (χ2n) is 2.39. The summed E-state index contributed by atoms with van der Waals surface area (Å²) in [5.41, 5.74) is 1.74. The average Bonchev–Trinajstić information content (AvgIpc) is 1.82. The zero-order valence-corrected chi connectivity index (χ0v) is 6.70. The molecular weight excluding hydrogens is 148 g/mol. The van der Waals surface area contributed by atoms with Crippen LogP contribution in [0.3, 0.4) is 0 Å². The number of hydrogen-bond acceptors (Lipinski definition) is 0. The average molecular weight is 156 g/mol. The molecule has 0 bridgehead atoms. The van der Waals surface area contributed by atoms with Crippen LogP contribution in [0.2, 0.25) is 5.02 Å². The molecule has 1 radical (unpaired) electrons. The smallest absolute Gasteiger partial charge is 0.200 e. The lowest BCUT2D eigenvalue weighted by molar-refractivity contribution is 0.352. The van der Waals surface area contributed by atoms with Gasteiger partial charge >= 0.3 is 0 Å². The Morgan fingerprint density at radius 2 is 1.90 bits per heavy atom. The topological polar surface area (TPSA) is 19.9 Å². The minimum atomic E-state index is -0.0627. The molecule has 1 rings (SSSR count). The molecular formula is C8H8ClO. The van der Waals surface area contributed by atoms with Crippen molar-refractivity contribution in [1.29, 1.82) is 0 Å². The standard InChI is InChI=1S/C8H8ClO/c1-5-3-6(2)8(10)7(9)4-5/h3-4H,1-2H3. The number of halogens is 1. The number of benzene rings is 1. The van der Waals surface area contributed by atoms with Crippen molar-refractivity contribution in [3.05, 3.63) is 28.3 Å². The monoisotopic (exact) mass is 155 g/mol. The first-order chi connectivity index (χ1) is 4.61. The Morgan fingerprint density at radius 1 is 1.30 bits per heavy atom. The SMILES string of the molecule is Cc1cc(C)c([O])c(Cl)c1. The molecule has 1 aromatic rings. The van der Waals surface area contributed by atoms with Crippen LogP contribution < -0.4 is 0 Å². The summed E-state index contributed by atoms with van der Waals surface area (Å²) in [6.07, 6.45) is 0. The van der Waals surface area contributed by atoms with Crippen LogP contribution >= 0.6 is 11.6 Å². The van der Waals surface area contributed by atoms with E-state index in [-0.39, 0.29) is 5.75 Å². The van der Waals surface area contributed by atoms with Gasteiger partial charge in [-0.05, 0) is 31.0 Å². The molecule has 10 heavy (non-hydrogen) atoms. The molecule has 0 fully saturated rings. The van der Waals surface area contributed by atoms with Gasteiger partial charge in [0.1, 0.15) is 0 Å². The van der Waals surface area contributed by atoms with Crippen LogP contribution in [0, 0.1) is 13.8 Å². The maximum absolute atomic E-state index is 11.0. The Balaban J connectivity index is 3.31. The van der Waals surface area contributed by atoms with Gasteiger partial charge in [-0.2, -0.15) is 0 Å². The first kappa shape index (κ1) is 7.42. The van der Waals surface area contributed by atoms with Crippen LogP contribution in [-0.2, 0) is 5.11 Å². The van der Waals surface area contributed by atoms with E-state index in [4.69, 9.17) is 11.6 Å². The maximum atomic E-state index is 11.0. The van der Waals surface area contributed by atoms with Crippen LogP contribution in [0.15, 0.2) is 12.1 Å². The van der Waals surface area contributed by atoms with Crippen molar-refractivity contribution < 1.29 is 5.11 Å². The molecule has 0 aromatic heterocycles. The van der Waals surface area contributed by atoms with Gasteiger partial charge in [0.05, 0.1) is 5.02 Å². The third-order valence-electron chi connectivity index (χ3n) is 1.37. The Bertz CT molecular complexity index is 232. The molecule has 0 heterocycles. The second kappa shape index (κ2) is 2.51. The first-order valence-corrected chi connectivity index (χ1v) is 3.43. The molecule has 0 N–H and O–H groups in total. The van der Waals surface area contributed by atoms with Gasteiger partial charge in [0.15, 0.2) is 5.75 Å². The van der Waals surface area contributed by atoms with E-state index >= 15 is 0 Å². The fraction of sp³-hybridized carbons (Fsp3) is 0.250. The molecule has 1 nitrogen and oxygen atoms in total. The molecule has 0 aliphatic heterocycles. The number of hydrogen-bond donors (Lipinski definition) is 0. The maximum Gasteiger partial charge on any atom is 0.200 e. The van der Waals surface area contributed by atoms with Crippen LogP contribution in [0.25, 0.3) is 0 Å². The summed E-state index contributed by atoms with van der Waals surface area (Å²) < 4.78 is 0. The Labute approximate surface area is 65.3 Å². The van der Waals surface area contributed by atoms with Gasteiger partial charge in [-0.1, -0.05) is 17.7 Å². The van der Waals surface area contributed by atoms with Crippen molar-refractivity contribution in [3.8, 4) is 5.75 Å². The van der Waals surface area contributed by atoms with E-state index in [9.17, 15) is 5.11 Å². The normalized spacial score (nSPS) is 9.90. The Hall–Kier alpha value is -0.690. The van der Waals surface area contributed by atoms with Crippen molar-refractivity contribution in [3.63, 3.8) is 0 Å². The highest BCUT2D eigenvalue weighted by molar-refractivity contribution is 6.32. The Kier molecular flexibility index (Phi) is 1.86. The molecule has 2 heteroatoms. The van der Waals surface area contributed by atoms with Gasteiger partial charge in [-0.25, -0.2) is 0 Å². The highest BCUT2D eigenvalue weighted by atomic mass is 35.5. The van der Waals surface area contributed by atoms with Gasteiger partial charge in [-0.3, -0.25) is 5.11 Å². The number of aryl methyl sites for hydroxylation is 2. The van der Waals surface area contributed by atoms with E-state index < -0.39 is 0 Å². The summed E-state index contributed by atoms with van der Waals surface area (Å²) in [6.45, 7) is 3.68. The largest absolute Gasteiger partial charge is 0.288 e. The summed E-state index contributed by atoms with van der Waals surface area (Å²) in [4.78, 5) is 0. The zero-order valence-electron chi connectivity index (χ0n) is 5.94. The predicted molar refractivity (Wildman–Crippen MR) is 41.1 cm³/mol. The van der Waals surface area contributed by atoms with Gasteiger partial charge in [0.25, 0.3) is 0 Å². The fourth-order valence-corrected chi connectivity index (χ4v) is 1.22. The quantitative estimate of drug-likeness (QED) is 0.549. The van der Waals surface area contributed by atoms with Gasteiger partial charge in [0.2, 0.25) is 0 Å². The molecule has 0 amide bonds.